The molecule has 0 spiro atoms. The van der Waals surface area contributed by atoms with Gasteiger partial charge in [0.25, 0.3) is 5.56 Å². The first-order chi connectivity index (χ1) is 15.3. The fourth-order valence-electron chi connectivity index (χ4n) is 3.75. The van der Waals surface area contributed by atoms with Gasteiger partial charge < -0.3 is 19.0 Å². The number of anilines is 2. The lowest BCUT2D eigenvalue weighted by Crippen LogP contribution is -2.36. The van der Waals surface area contributed by atoms with E-state index in [4.69, 9.17) is 9.15 Å². The Morgan fingerprint density at radius 2 is 1.94 bits per heavy atom. The molecule has 4 aromatic rings. The van der Waals surface area contributed by atoms with E-state index in [1.165, 1.54) is 11.6 Å². The summed E-state index contributed by atoms with van der Waals surface area (Å²) < 4.78 is 13.5. The van der Waals surface area contributed by atoms with Gasteiger partial charge in [-0.3, -0.25) is 13.9 Å². The van der Waals surface area contributed by atoms with Crippen molar-refractivity contribution in [3.8, 4) is 5.75 Å². The second-order valence-electron chi connectivity index (χ2n) is 7.73. The van der Waals surface area contributed by atoms with Crippen molar-refractivity contribution >= 4 is 22.8 Å². The van der Waals surface area contributed by atoms with E-state index >= 15 is 0 Å². The molecule has 0 bridgehead atoms. The number of furan rings is 1. The summed E-state index contributed by atoms with van der Waals surface area (Å²) in [5.74, 6) is 1.83. The number of hydrogen-bond donors (Lipinski definition) is 1. The van der Waals surface area contributed by atoms with Gasteiger partial charge in [0, 0.05) is 19.8 Å². The van der Waals surface area contributed by atoms with Crippen molar-refractivity contribution in [3.63, 3.8) is 0 Å². The van der Waals surface area contributed by atoms with Crippen molar-refractivity contribution in [1.29, 1.82) is 0 Å². The van der Waals surface area contributed by atoms with E-state index in [-0.39, 0.29) is 17.2 Å². The number of fused-ring (bicyclic) bond motifs is 1. The second-order valence-corrected chi connectivity index (χ2v) is 7.73. The summed E-state index contributed by atoms with van der Waals surface area (Å²) >= 11 is 0. The van der Waals surface area contributed by atoms with Crippen molar-refractivity contribution in [1.82, 2.24) is 19.1 Å². The summed E-state index contributed by atoms with van der Waals surface area (Å²) in [6.45, 7) is 6.02. The quantitative estimate of drug-likeness (QED) is 0.447. The number of nitrogens with zero attached hydrogens (tertiary/aromatic N) is 4. The predicted molar refractivity (Wildman–Crippen MR) is 123 cm³/mol. The highest BCUT2D eigenvalue weighted by Gasteiger charge is 2.28. The Kier molecular flexibility index (Phi) is 5.48. The fraction of sp³-hybridized carbons (Fsp3) is 0.261. The number of aromatic amines is 1. The molecule has 0 radical (unpaired) electrons. The molecule has 32 heavy (non-hydrogen) atoms. The maximum absolute atomic E-state index is 12.7. The van der Waals surface area contributed by atoms with E-state index < -0.39 is 11.2 Å². The van der Waals surface area contributed by atoms with Crippen LogP contribution in [0.1, 0.15) is 25.1 Å². The number of hydrogen-bond acceptors (Lipinski definition) is 6. The van der Waals surface area contributed by atoms with Gasteiger partial charge in [-0.05, 0) is 49.7 Å². The summed E-state index contributed by atoms with van der Waals surface area (Å²) in [4.78, 5) is 34.9. The normalized spacial score (nSPS) is 12.1. The molecule has 1 atom stereocenters. The smallest absolute Gasteiger partial charge is 0.332 e. The second kappa shape index (κ2) is 8.26. The lowest BCUT2D eigenvalue weighted by atomic mass is 10.0. The third kappa shape index (κ3) is 3.62. The van der Waals surface area contributed by atoms with Crippen LogP contribution in [0.25, 0.3) is 11.2 Å². The minimum Gasteiger partial charge on any atom is -0.497 e. The van der Waals surface area contributed by atoms with Crippen LogP contribution in [0, 0.1) is 0 Å². The van der Waals surface area contributed by atoms with Gasteiger partial charge in [-0.25, -0.2) is 4.79 Å². The van der Waals surface area contributed by atoms with Crippen LogP contribution >= 0.6 is 0 Å². The molecule has 1 unspecified atom stereocenters. The molecule has 3 heterocycles. The fourth-order valence-corrected chi connectivity index (χ4v) is 3.75. The number of aryl methyl sites for hydroxylation is 1. The van der Waals surface area contributed by atoms with Gasteiger partial charge in [-0.1, -0.05) is 5.57 Å². The van der Waals surface area contributed by atoms with Gasteiger partial charge in [0.2, 0.25) is 5.95 Å². The minimum absolute atomic E-state index is 0.247. The summed E-state index contributed by atoms with van der Waals surface area (Å²) in [5.41, 5.74) is 1.39. The van der Waals surface area contributed by atoms with E-state index in [2.05, 4.69) is 16.5 Å². The van der Waals surface area contributed by atoms with E-state index in [0.29, 0.717) is 23.9 Å². The molecule has 9 nitrogen and oxygen atoms in total. The zero-order chi connectivity index (χ0) is 23.0. The van der Waals surface area contributed by atoms with Crippen LogP contribution in [0.4, 0.5) is 11.6 Å². The molecule has 0 aliphatic rings. The molecule has 3 aromatic heterocycles. The third-order valence-electron chi connectivity index (χ3n) is 5.39. The Hall–Kier alpha value is -4.01. The molecule has 9 heteroatoms. The molecule has 0 aliphatic heterocycles. The van der Waals surface area contributed by atoms with Crippen LogP contribution in [0.3, 0.4) is 0 Å². The Morgan fingerprint density at radius 1 is 1.22 bits per heavy atom. The van der Waals surface area contributed by atoms with E-state index in [1.807, 2.05) is 48.2 Å². The highest BCUT2D eigenvalue weighted by atomic mass is 16.5. The molecule has 1 N–H and O–H groups in total. The lowest BCUT2D eigenvalue weighted by molar-refractivity contribution is 0.414. The number of imidazole rings is 1. The van der Waals surface area contributed by atoms with Gasteiger partial charge in [0.1, 0.15) is 11.5 Å². The molecule has 0 amide bonds. The van der Waals surface area contributed by atoms with Crippen LogP contribution in [0.15, 0.2) is 68.8 Å². The van der Waals surface area contributed by atoms with Gasteiger partial charge in [-0.2, -0.15) is 4.98 Å². The third-order valence-corrected chi connectivity index (χ3v) is 5.39. The van der Waals surface area contributed by atoms with Crippen LogP contribution in [-0.2, 0) is 14.1 Å². The van der Waals surface area contributed by atoms with E-state index in [9.17, 15) is 9.59 Å². The number of benzene rings is 1. The number of rotatable bonds is 7. The molecular weight excluding hydrogens is 410 g/mol. The van der Waals surface area contributed by atoms with E-state index in [0.717, 1.165) is 15.8 Å². The summed E-state index contributed by atoms with van der Waals surface area (Å²) in [5, 5.41) is 0. The maximum Gasteiger partial charge on any atom is 0.332 e. The van der Waals surface area contributed by atoms with Crippen LogP contribution in [-0.4, -0.2) is 26.2 Å². The minimum atomic E-state index is -0.443. The molecule has 0 aliphatic carbocycles. The molecular formula is C23H25N5O4. The Morgan fingerprint density at radius 3 is 2.53 bits per heavy atom. The van der Waals surface area contributed by atoms with Gasteiger partial charge >= 0.3 is 5.69 Å². The molecule has 0 fully saturated rings. The maximum atomic E-state index is 12.7. The average molecular weight is 435 g/mol. The van der Waals surface area contributed by atoms with Gasteiger partial charge in [0.05, 0.1) is 19.4 Å². The highest BCUT2D eigenvalue weighted by molar-refractivity contribution is 5.75. The van der Waals surface area contributed by atoms with Crippen LogP contribution in [0.2, 0.25) is 0 Å². The van der Waals surface area contributed by atoms with Gasteiger partial charge in [0.15, 0.2) is 11.2 Å². The average Bonchev–Trinajstić information content (AvgIpc) is 3.47. The summed E-state index contributed by atoms with van der Waals surface area (Å²) in [7, 11) is 4.64. The van der Waals surface area contributed by atoms with Crippen molar-refractivity contribution in [2.24, 2.45) is 14.1 Å². The Bertz CT molecular complexity index is 1380. The zero-order valence-corrected chi connectivity index (χ0v) is 18.5. The predicted octanol–water partition coefficient (Wildman–Crippen LogP) is 3.41. The summed E-state index contributed by atoms with van der Waals surface area (Å²) in [6, 6.07) is 10.9. The number of methoxy groups -OCH3 is 1. The van der Waals surface area contributed by atoms with Crippen molar-refractivity contribution in [2.75, 3.05) is 12.0 Å². The number of aromatic nitrogens is 4. The van der Waals surface area contributed by atoms with Crippen molar-refractivity contribution < 1.29 is 9.15 Å². The zero-order valence-electron chi connectivity index (χ0n) is 18.5. The monoisotopic (exact) mass is 435 g/mol. The van der Waals surface area contributed by atoms with Gasteiger partial charge in [-0.15, -0.1) is 6.58 Å². The SMILES string of the molecule is C=C(C)CC(c1ccco1)N(c1ccc(OC)cc1)c1nc2c([nH]1)c(=O)n(C)c(=O)n2C. The largest absolute Gasteiger partial charge is 0.497 e. The van der Waals surface area contributed by atoms with Crippen LogP contribution in [0.5, 0.6) is 5.75 Å². The van der Waals surface area contributed by atoms with Crippen molar-refractivity contribution in [2.45, 2.75) is 19.4 Å². The first-order valence-electron chi connectivity index (χ1n) is 10.1. The van der Waals surface area contributed by atoms with Crippen molar-refractivity contribution in [3.05, 3.63) is 81.4 Å². The molecule has 166 valence electrons. The molecule has 4 rings (SSSR count). The number of H-pyrrole nitrogens is 1. The molecule has 0 saturated carbocycles. The first kappa shape index (κ1) is 21.2. The molecule has 0 saturated heterocycles. The number of ether oxygens (including phenoxy) is 1. The van der Waals surface area contributed by atoms with Crippen LogP contribution < -0.4 is 20.9 Å². The Labute approximate surface area is 184 Å². The topological polar surface area (TPSA) is 98.3 Å². The van der Waals surface area contributed by atoms with E-state index in [1.54, 1.807) is 20.4 Å². The molecule has 1 aromatic carbocycles. The highest BCUT2D eigenvalue weighted by Crippen LogP contribution is 2.38. The Balaban J connectivity index is 1.97. The first-order valence-corrected chi connectivity index (χ1v) is 10.1. The number of nitrogens with one attached hydrogen (secondary N) is 1. The lowest BCUT2D eigenvalue weighted by Gasteiger charge is -2.30. The summed E-state index contributed by atoms with van der Waals surface area (Å²) in [6.07, 6.45) is 2.19. The standard InChI is InChI=1S/C23H25N5O4/c1-14(2)13-17(18-7-6-12-32-18)28(15-8-10-16(31-5)11-9-15)22-24-19-20(25-22)26(3)23(30)27(4)21(19)29/h6-12,17H,1,13H2,2-5H3,(H,24,25).